The zero-order valence-electron chi connectivity index (χ0n) is 15.4. The molecule has 0 aromatic carbocycles. The minimum Gasteiger partial charge on any atom is -0.480 e. The van der Waals surface area contributed by atoms with E-state index in [1.54, 1.807) is 27.7 Å². The van der Waals surface area contributed by atoms with Gasteiger partial charge in [-0.1, -0.05) is 19.0 Å². The van der Waals surface area contributed by atoms with Crippen LogP contribution in [0, 0.1) is 25.7 Å². The fourth-order valence-electron chi connectivity index (χ4n) is 3.12. The van der Waals surface area contributed by atoms with Crippen LogP contribution in [0.5, 0.6) is 0 Å². The Balaban J connectivity index is 2.03. The lowest BCUT2D eigenvalue weighted by Crippen LogP contribution is -2.49. The molecule has 146 valence electrons. The van der Waals surface area contributed by atoms with E-state index in [1.807, 2.05) is 0 Å². The van der Waals surface area contributed by atoms with Gasteiger partial charge in [-0.3, -0.25) is 4.79 Å². The topological polar surface area (TPSA) is 130 Å². The van der Waals surface area contributed by atoms with Crippen LogP contribution in [-0.4, -0.2) is 54.0 Å². The molecule has 2 N–H and O–H groups in total. The Bertz CT molecular complexity index is 758. The number of hydrogen-bond donors (Lipinski definition) is 2. The first-order chi connectivity index (χ1) is 12.1. The van der Waals surface area contributed by atoms with E-state index in [9.17, 15) is 23.1 Å². The highest BCUT2D eigenvalue weighted by molar-refractivity contribution is 7.89. The zero-order valence-corrected chi connectivity index (χ0v) is 16.2. The number of carboxylic acids is 1. The highest BCUT2D eigenvalue weighted by Gasteiger charge is 2.36. The summed E-state index contributed by atoms with van der Waals surface area (Å²) in [6.07, 6.45) is 0.664. The molecular formula is C16H25N3O6S. The quantitative estimate of drug-likeness (QED) is 0.742. The number of carbonyl (C=O) groups excluding carboxylic acids is 1. The van der Waals surface area contributed by atoms with Gasteiger partial charge >= 0.3 is 5.97 Å². The summed E-state index contributed by atoms with van der Waals surface area (Å²) >= 11 is 0. The Hall–Kier alpha value is -1.94. The summed E-state index contributed by atoms with van der Waals surface area (Å²) in [5.41, 5.74) is 0.309. The molecule has 0 saturated carbocycles. The summed E-state index contributed by atoms with van der Waals surface area (Å²) in [6.45, 7) is 6.93. The van der Waals surface area contributed by atoms with Crippen LogP contribution in [0.1, 0.15) is 38.1 Å². The minimum atomic E-state index is -3.73. The number of amides is 1. The van der Waals surface area contributed by atoms with Gasteiger partial charge in [-0.25, -0.2) is 13.2 Å². The Kier molecular flexibility index (Phi) is 6.07. The first-order valence-electron chi connectivity index (χ1n) is 8.52. The summed E-state index contributed by atoms with van der Waals surface area (Å²) in [7, 11) is -3.73. The van der Waals surface area contributed by atoms with Crippen molar-refractivity contribution in [2.24, 2.45) is 11.8 Å². The fourth-order valence-corrected chi connectivity index (χ4v) is 4.88. The molecule has 1 aromatic rings. The van der Waals surface area contributed by atoms with Crippen molar-refractivity contribution < 1.29 is 27.6 Å². The molecule has 0 spiro atoms. The number of hydrogen-bond acceptors (Lipinski definition) is 6. The molecule has 1 aliphatic rings. The van der Waals surface area contributed by atoms with E-state index in [2.05, 4.69) is 10.5 Å². The molecule has 0 bridgehead atoms. The van der Waals surface area contributed by atoms with Gasteiger partial charge in [0.25, 0.3) is 0 Å². The third kappa shape index (κ3) is 4.07. The molecule has 2 rings (SSSR count). The molecule has 10 heteroatoms. The van der Waals surface area contributed by atoms with E-state index in [1.165, 1.54) is 4.31 Å². The van der Waals surface area contributed by atoms with Crippen LogP contribution in [0.4, 0.5) is 0 Å². The van der Waals surface area contributed by atoms with Gasteiger partial charge in [0.05, 0.1) is 0 Å². The maximum absolute atomic E-state index is 12.8. The fraction of sp³-hybridized carbons (Fsp3) is 0.688. The maximum atomic E-state index is 12.8. The Morgan fingerprint density at radius 2 is 1.85 bits per heavy atom. The summed E-state index contributed by atoms with van der Waals surface area (Å²) < 4.78 is 31.8. The molecule has 26 heavy (non-hydrogen) atoms. The Morgan fingerprint density at radius 3 is 2.27 bits per heavy atom. The highest BCUT2D eigenvalue weighted by atomic mass is 32.2. The highest BCUT2D eigenvalue weighted by Crippen LogP contribution is 2.27. The Labute approximate surface area is 152 Å². The summed E-state index contributed by atoms with van der Waals surface area (Å²) in [4.78, 5) is 23.6. The van der Waals surface area contributed by atoms with Gasteiger partial charge in [0.2, 0.25) is 15.9 Å². The number of aryl methyl sites for hydroxylation is 2. The SMILES string of the molecule is Cc1noc(C)c1S(=O)(=O)N1CCC(C(=O)NC(C(=O)O)C(C)C)CC1. The number of nitrogens with one attached hydrogen (secondary N) is 1. The van der Waals surface area contributed by atoms with Crippen LogP contribution < -0.4 is 5.32 Å². The molecule has 0 aliphatic carbocycles. The number of carbonyl (C=O) groups is 2. The lowest BCUT2D eigenvalue weighted by Gasteiger charge is -2.31. The van der Waals surface area contributed by atoms with Crippen molar-refractivity contribution in [1.82, 2.24) is 14.8 Å². The largest absolute Gasteiger partial charge is 0.480 e. The molecule has 1 atom stereocenters. The monoisotopic (exact) mass is 387 g/mol. The molecule has 1 amide bonds. The molecule has 1 fully saturated rings. The second kappa shape index (κ2) is 7.75. The second-order valence-corrected chi connectivity index (χ2v) is 8.77. The number of aromatic nitrogens is 1. The van der Waals surface area contributed by atoms with Gasteiger partial charge in [0, 0.05) is 19.0 Å². The van der Waals surface area contributed by atoms with E-state index < -0.39 is 28.0 Å². The van der Waals surface area contributed by atoms with Gasteiger partial charge in [-0.05, 0) is 32.6 Å². The van der Waals surface area contributed by atoms with E-state index in [0.29, 0.717) is 18.5 Å². The number of aliphatic carboxylic acids is 1. The third-order valence-corrected chi connectivity index (χ3v) is 6.76. The number of nitrogens with zero attached hydrogens (tertiary/aromatic N) is 2. The Morgan fingerprint density at radius 1 is 1.27 bits per heavy atom. The molecule has 9 nitrogen and oxygen atoms in total. The van der Waals surface area contributed by atoms with Gasteiger partial charge in [-0.15, -0.1) is 0 Å². The van der Waals surface area contributed by atoms with Crippen molar-refractivity contribution >= 4 is 21.9 Å². The van der Waals surface area contributed by atoms with E-state index >= 15 is 0 Å². The lowest BCUT2D eigenvalue weighted by atomic mass is 9.95. The van der Waals surface area contributed by atoms with Crippen molar-refractivity contribution in [2.45, 2.75) is 51.5 Å². The van der Waals surface area contributed by atoms with Crippen molar-refractivity contribution in [3.8, 4) is 0 Å². The van der Waals surface area contributed by atoms with Gasteiger partial charge in [0.1, 0.15) is 16.6 Å². The second-order valence-electron chi connectivity index (χ2n) is 6.90. The molecule has 0 radical (unpaired) electrons. The zero-order chi connectivity index (χ0) is 19.6. The van der Waals surface area contributed by atoms with Crippen molar-refractivity contribution in [3.05, 3.63) is 11.5 Å². The van der Waals surface area contributed by atoms with E-state index in [4.69, 9.17) is 4.52 Å². The average molecular weight is 387 g/mol. The van der Waals surface area contributed by atoms with Gasteiger partial charge in [0.15, 0.2) is 5.76 Å². The first-order valence-corrected chi connectivity index (χ1v) is 9.96. The molecule has 1 aromatic heterocycles. The molecule has 1 aliphatic heterocycles. The third-order valence-electron chi connectivity index (χ3n) is 4.62. The molecule has 1 saturated heterocycles. The average Bonchev–Trinajstić information content (AvgIpc) is 2.91. The van der Waals surface area contributed by atoms with Crippen LogP contribution >= 0.6 is 0 Å². The molecule has 1 unspecified atom stereocenters. The van der Waals surface area contributed by atoms with Crippen LogP contribution in [0.3, 0.4) is 0 Å². The summed E-state index contributed by atoms with van der Waals surface area (Å²) in [6, 6.07) is -0.952. The van der Waals surface area contributed by atoms with E-state index in [0.717, 1.165) is 0 Å². The summed E-state index contributed by atoms with van der Waals surface area (Å²) in [5.74, 6) is -1.83. The van der Waals surface area contributed by atoms with Crippen LogP contribution in [0.2, 0.25) is 0 Å². The van der Waals surface area contributed by atoms with Gasteiger partial charge in [-0.2, -0.15) is 4.31 Å². The predicted molar refractivity (Wildman–Crippen MR) is 91.9 cm³/mol. The summed E-state index contributed by atoms with van der Waals surface area (Å²) in [5, 5.41) is 15.4. The van der Waals surface area contributed by atoms with E-state index in [-0.39, 0.29) is 35.6 Å². The minimum absolute atomic E-state index is 0.0751. The normalized spacial score (nSPS) is 18.0. The van der Waals surface area contributed by atoms with Crippen molar-refractivity contribution in [2.75, 3.05) is 13.1 Å². The number of piperidine rings is 1. The molecule has 2 heterocycles. The van der Waals surface area contributed by atoms with Crippen LogP contribution in [0.25, 0.3) is 0 Å². The van der Waals surface area contributed by atoms with Crippen LogP contribution in [-0.2, 0) is 19.6 Å². The van der Waals surface area contributed by atoms with Crippen molar-refractivity contribution in [3.63, 3.8) is 0 Å². The number of sulfonamides is 1. The number of carboxylic acid groups (broad SMARTS) is 1. The first kappa shape index (κ1) is 20.4. The van der Waals surface area contributed by atoms with Gasteiger partial charge < -0.3 is 14.9 Å². The standard InChI is InChI=1S/C16H25N3O6S/c1-9(2)13(16(21)22)17-15(20)12-5-7-19(8-6-12)26(23,24)14-10(3)18-25-11(14)4/h9,12-13H,5-8H2,1-4H3,(H,17,20)(H,21,22). The lowest BCUT2D eigenvalue weighted by molar-refractivity contribution is -0.144. The van der Waals surface area contributed by atoms with Crippen LogP contribution in [0.15, 0.2) is 9.42 Å². The predicted octanol–water partition coefficient (Wildman–Crippen LogP) is 0.918. The van der Waals surface area contributed by atoms with Crippen molar-refractivity contribution in [1.29, 1.82) is 0 Å². The maximum Gasteiger partial charge on any atom is 0.326 e. The number of rotatable bonds is 6. The smallest absolute Gasteiger partial charge is 0.326 e. The molecular weight excluding hydrogens is 362 g/mol.